The Morgan fingerprint density at radius 2 is 2.22 bits per heavy atom. The van der Waals surface area contributed by atoms with Gasteiger partial charge < -0.3 is 5.11 Å². The molecule has 2 nitrogen and oxygen atoms in total. The Morgan fingerprint density at radius 3 is 2.56 bits per heavy atom. The van der Waals surface area contributed by atoms with Crippen LogP contribution in [0, 0.1) is 5.92 Å². The number of hydrogen-bond acceptors (Lipinski definition) is 1. The van der Waals surface area contributed by atoms with E-state index >= 15 is 0 Å². The van der Waals surface area contributed by atoms with Crippen LogP contribution in [0.2, 0.25) is 0 Å². The van der Waals surface area contributed by atoms with Crippen molar-refractivity contribution in [3.05, 3.63) is 12.2 Å². The maximum atomic E-state index is 9.89. The van der Waals surface area contributed by atoms with Crippen molar-refractivity contribution in [2.45, 2.75) is 20.3 Å². The monoisotopic (exact) mass is 128 g/mol. The third kappa shape index (κ3) is 7.21. The molecule has 0 fully saturated rings. The van der Waals surface area contributed by atoms with Gasteiger partial charge >= 0.3 is 5.97 Å². The highest BCUT2D eigenvalue weighted by molar-refractivity contribution is 5.79. The fraction of sp³-hybridized carbons (Fsp3) is 0.571. The van der Waals surface area contributed by atoms with Crippen LogP contribution in [0.4, 0.5) is 0 Å². The molecule has 0 rings (SSSR count). The van der Waals surface area contributed by atoms with Gasteiger partial charge in [-0.3, -0.25) is 0 Å². The molecule has 0 amide bonds. The summed E-state index contributed by atoms with van der Waals surface area (Å²) in [6.45, 7) is 4.10. The molecule has 9 heavy (non-hydrogen) atoms. The number of hydrogen-bond donors (Lipinski definition) is 1. The quantitative estimate of drug-likeness (QED) is 0.587. The summed E-state index contributed by atoms with van der Waals surface area (Å²) in [7, 11) is 0. The van der Waals surface area contributed by atoms with Gasteiger partial charge in [0, 0.05) is 6.08 Å². The van der Waals surface area contributed by atoms with Crippen molar-refractivity contribution in [1.82, 2.24) is 0 Å². The summed E-state index contributed by atoms with van der Waals surface area (Å²) in [6, 6.07) is 0. The Kier molecular flexibility index (Phi) is 3.76. The fourth-order valence-corrected chi connectivity index (χ4v) is 0.441. The number of allylic oxidation sites excluding steroid dienone is 1. The highest BCUT2D eigenvalue weighted by atomic mass is 16.4. The highest BCUT2D eigenvalue weighted by Crippen LogP contribution is 1.98. The maximum Gasteiger partial charge on any atom is 0.327 e. The fourth-order valence-electron chi connectivity index (χ4n) is 0.441. The summed E-state index contributed by atoms with van der Waals surface area (Å²) in [5.41, 5.74) is 0. The lowest BCUT2D eigenvalue weighted by Gasteiger charge is -1.94. The maximum absolute atomic E-state index is 9.89. The van der Waals surface area contributed by atoms with Crippen LogP contribution in [0.25, 0.3) is 0 Å². The molecule has 0 atom stereocenters. The molecule has 2 heteroatoms. The second-order valence-electron chi connectivity index (χ2n) is 2.37. The summed E-state index contributed by atoms with van der Waals surface area (Å²) in [5, 5.41) is 8.14. The van der Waals surface area contributed by atoms with Crippen LogP contribution in [-0.2, 0) is 4.79 Å². The second kappa shape index (κ2) is 4.13. The van der Waals surface area contributed by atoms with Crippen molar-refractivity contribution in [3.63, 3.8) is 0 Å². The molecule has 52 valence electrons. The van der Waals surface area contributed by atoms with Crippen molar-refractivity contribution >= 4 is 5.97 Å². The van der Waals surface area contributed by atoms with Crippen LogP contribution < -0.4 is 0 Å². The van der Waals surface area contributed by atoms with Gasteiger partial charge in [-0.15, -0.1) is 0 Å². The van der Waals surface area contributed by atoms with Crippen LogP contribution in [-0.4, -0.2) is 11.1 Å². The van der Waals surface area contributed by atoms with Crippen LogP contribution in [0.15, 0.2) is 12.2 Å². The van der Waals surface area contributed by atoms with Crippen LogP contribution in [0.3, 0.4) is 0 Å². The molecule has 0 aliphatic carbocycles. The van der Waals surface area contributed by atoms with Gasteiger partial charge in [-0.25, -0.2) is 4.79 Å². The molecular formula is C7H12O2. The van der Waals surface area contributed by atoms with E-state index in [1.165, 1.54) is 6.08 Å². The van der Waals surface area contributed by atoms with E-state index in [0.29, 0.717) is 5.92 Å². The minimum absolute atomic E-state index is 0.542. The van der Waals surface area contributed by atoms with E-state index < -0.39 is 5.97 Å². The normalized spacial score (nSPS) is 11.0. The van der Waals surface area contributed by atoms with Crippen molar-refractivity contribution in [1.29, 1.82) is 0 Å². The predicted molar refractivity (Wildman–Crippen MR) is 36.2 cm³/mol. The first-order chi connectivity index (χ1) is 4.13. The highest BCUT2D eigenvalue weighted by Gasteiger charge is 1.88. The van der Waals surface area contributed by atoms with Crippen LogP contribution in [0.1, 0.15) is 20.3 Å². The Morgan fingerprint density at radius 1 is 1.67 bits per heavy atom. The Hall–Kier alpha value is -0.790. The topological polar surface area (TPSA) is 37.3 Å². The van der Waals surface area contributed by atoms with Crippen molar-refractivity contribution < 1.29 is 9.90 Å². The summed E-state index contributed by atoms with van der Waals surface area (Å²) < 4.78 is 0. The smallest absolute Gasteiger partial charge is 0.327 e. The number of carbonyl (C=O) groups is 1. The summed E-state index contributed by atoms with van der Waals surface area (Å²) in [6.07, 6.45) is 3.69. The van der Waals surface area contributed by atoms with Gasteiger partial charge in [0.1, 0.15) is 0 Å². The third-order valence-electron chi connectivity index (χ3n) is 0.868. The molecule has 0 radical (unpaired) electrons. The van der Waals surface area contributed by atoms with Gasteiger partial charge in [-0.05, 0) is 12.3 Å². The first kappa shape index (κ1) is 8.21. The van der Waals surface area contributed by atoms with E-state index in [1.54, 1.807) is 6.08 Å². The first-order valence-electron chi connectivity index (χ1n) is 3.02. The van der Waals surface area contributed by atoms with Crippen molar-refractivity contribution in [2.75, 3.05) is 0 Å². The van der Waals surface area contributed by atoms with Gasteiger partial charge in [0.25, 0.3) is 0 Å². The van der Waals surface area contributed by atoms with Gasteiger partial charge in [0.05, 0.1) is 0 Å². The molecule has 0 unspecified atom stereocenters. The number of carboxylic acid groups (broad SMARTS) is 1. The zero-order chi connectivity index (χ0) is 7.28. The molecule has 0 heterocycles. The molecule has 0 saturated heterocycles. The molecule has 0 aliphatic heterocycles. The summed E-state index contributed by atoms with van der Waals surface area (Å²) >= 11 is 0. The molecule has 0 bridgehead atoms. The van der Waals surface area contributed by atoms with Gasteiger partial charge in [0.15, 0.2) is 0 Å². The van der Waals surface area contributed by atoms with Crippen molar-refractivity contribution in [2.24, 2.45) is 5.92 Å². The summed E-state index contributed by atoms with van der Waals surface area (Å²) in [4.78, 5) is 9.89. The van der Waals surface area contributed by atoms with E-state index in [1.807, 2.05) is 13.8 Å². The zero-order valence-electron chi connectivity index (χ0n) is 5.79. The molecule has 0 aromatic heterocycles. The van der Waals surface area contributed by atoms with Gasteiger partial charge in [-0.2, -0.15) is 0 Å². The average molecular weight is 128 g/mol. The molecule has 0 aromatic carbocycles. The van der Waals surface area contributed by atoms with Gasteiger partial charge in [-0.1, -0.05) is 19.9 Å². The second-order valence-corrected chi connectivity index (χ2v) is 2.37. The van der Waals surface area contributed by atoms with Crippen LogP contribution >= 0.6 is 0 Å². The SMILES string of the molecule is CC(C)C/C=C/C(=O)O. The number of carboxylic acids is 1. The van der Waals surface area contributed by atoms with E-state index in [4.69, 9.17) is 5.11 Å². The van der Waals surface area contributed by atoms with Crippen LogP contribution in [0.5, 0.6) is 0 Å². The molecule has 0 spiro atoms. The van der Waals surface area contributed by atoms with E-state index in [-0.39, 0.29) is 0 Å². The van der Waals surface area contributed by atoms with E-state index in [9.17, 15) is 4.79 Å². The molecule has 0 aliphatic rings. The lowest BCUT2D eigenvalue weighted by Crippen LogP contribution is -1.87. The third-order valence-corrected chi connectivity index (χ3v) is 0.868. The number of rotatable bonds is 3. The lowest BCUT2D eigenvalue weighted by molar-refractivity contribution is -0.131. The van der Waals surface area contributed by atoms with Crippen molar-refractivity contribution in [3.8, 4) is 0 Å². The average Bonchev–Trinajstić information content (AvgIpc) is 1.63. The zero-order valence-corrected chi connectivity index (χ0v) is 5.79. The lowest BCUT2D eigenvalue weighted by atomic mass is 10.1. The largest absolute Gasteiger partial charge is 0.478 e. The minimum atomic E-state index is -0.865. The summed E-state index contributed by atoms with van der Waals surface area (Å²) in [5.74, 6) is -0.323. The Balaban J connectivity index is 3.36. The molecular weight excluding hydrogens is 116 g/mol. The van der Waals surface area contributed by atoms with E-state index in [0.717, 1.165) is 6.42 Å². The Bertz CT molecular complexity index is 114. The predicted octanol–water partition coefficient (Wildman–Crippen LogP) is 1.67. The minimum Gasteiger partial charge on any atom is -0.478 e. The first-order valence-corrected chi connectivity index (χ1v) is 3.02. The Labute approximate surface area is 55.2 Å². The molecule has 0 aromatic rings. The molecule has 1 N–H and O–H groups in total. The standard InChI is InChI=1S/C7H12O2/c1-6(2)4-3-5-7(8)9/h3,5-6H,4H2,1-2H3,(H,8,9)/b5-3+. The molecule has 0 saturated carbocycles. The van der Waals surface area contributed by atoms with Gasteiger partial charge in [0.2, 0.25) is 0 Å². The van der Waals surface area contributed by atoms with E-state index in [2.05, 4.69) is 0 Å². The number of aliphatic carboxylic acids is 1.